The number of likely N-dealkylation sites (tertiary alicyclic amines) is 1. The van der Waals surface area contributed by atoms with E-state index in [1.54, 1.807) is 6.92 Å². The summed E-state index contributed by atoms with van der Waals surface area (Å²) in [5.74, 6) is -1.05. The maximum absolute atomic E-state index is 11.8. The lowest BCUT2D eigenvalue weighted by atomic mass is 9.98. The molecule has 7 nitrogen and oxygen atoms in total. The van der Waals surface area contributed by atoms with E-state index in [9.17, 15) is 9.59 Å². The van der Waals surface area contributed by atoms with Crippen molar-refractivity contribution in [1.82, 2.24) is 19.5 Å². The molecule has 21 heavy (non-hydrogen) atoms. The third-order valence-electron chi connectivity index (χ3n) is 3.63. The van der Waals surface area contributed by atoms with Crippen LogP contribution in [0.4, 0.5) is 0 Å². The smallest absolute Gasteiger partial charge is 0.307 e. The topological polar surface area (TPSA) is 87.8 Å². The first-order chi connectivity index (χ1) is 10.0. The lowest BCUT2D eigenvalue weighted by Gasteiger charge is -2.29. The molecule has 0 amide bonds. The molecule has 0 spiro atoms. The van der Waals surface area contributed by atoms with Crippen molar-refractivity contribution < 1.29 is 9.90 Å². The molecule has 0 bridgehead atoms. The van der Waals surface area contributed by atoms with Gasteiger partial charge >= 0.3 is 5.97 Å². The second-order valence-electron chi connectivity index (χ2n) is 5.34. The summed E-state index contributed by atoms with van der Waals surface area (Å²) in [5, 5.41) is 14.2. The first-order valence-electron chi connectivity index (χ1n) is 6.84. The summed E-state index contributed by atoms with van der Waals surface area (Å²) < 4.78 is 1.31. The minimum Gasteiger partial charge on any atom is -0.481 e. The predicted molar refractivity (Wildman–Crippen MR) is 77.5 cm³/mol. The maximum atomic E-state index is 11.8. The Kier molecular flexibility index (Phi) is 3.73. The summed E-state index contributed by atoms with van der Waals surface area (Å²) >= 11 is 1.38. The number of carboxylic acid groups (broad SMARTS) is 1. The van der Waals surface area contributed by atoms with Crippen LogP contribution < -0.4 is 5.56 Å². The Hall–Kier alpha value is -1.80. The highest BCUT2D eigenvalue weighted by Gasteiger charge is 2.26. The molecule has 1 aliphatic rings. The van der Waals surface area contributed by atoms with E-state index in [2.05, 4.69) is 15.0 Å². The van der Waals surface area contributed by atoms with Gasteiger partial charge in [-0.2, -0.15) is 9.61 Å². The van der Waals surface area contributed by atoms with Crippen molar-refractivity contribution in [3.63, 3.8) is 0 Å². The van der Waals surface area contributed by atoms with Crippen LogP contribution in [0.1, 0.15) is 23.5 Å². The maximum Gasteiger partial charge on any atom is 0.307 e. The Morgan fingerprint density at radius 3 is 3.14 bits per heavy atom. The van der Waals surface area contributed by atoms with Crippen LogP contribution in [0.3, 0.4) is 0 Å². The van der Waals surface area contributed by atoms with Crippen LogP contribution in [0.15, 0.2) is 10.9 Å². The molecule has 1 N–H and O–H groups in total. The van der Waals surface area contributed by atoms with E-state index in [-0.39, 0.29) is 11.5 Å². The Morgan fingerprint density at radius 2 is 2.38 bits per heavy atom. The van der Waals surface area contributed by atoms with Gasteiger partial charge in [0, 0.05) is 18.3 Å². The fourth-order valence-electron chi connectivity index (χ4n) is 2.62. The van der Waals surface area contributed by atoms with Crippen LogP contribution in [0.2, 0.25) is 0 Å². The summed E-state index contributed by atoms with van der Waals surface area (Å²) in [6.45, 7) is 3.74. The average molecular weight is 308 g/mol. The van der Waals surface area contributed by atoms with Crippen LogP contribution in [0.5, 0.6) is 0 Å². The van der Waals surface area contributed by atoms with Crippen LogP contribution in [-0.4, -0.2) is 43.7 Å². The largest absolute Gasteiger partial charge is 0.481 e. The zero-order valence-electron chi connectivity index (χ0n) is 11.7. The molecule has 0 aliphatic carbocycles. The minimum atomic E-state index is -0.738. The molecule has 3 heterocycles. The number of hydrogen-bond acceptors (Lipinski definition) is 6. The Morgan fingerprint density at radius 1 is 1.57 bits per heavy atom. The van der Waals surface area contributed by atoms with Crippen molar-refractivity contribution in [2.75, 3.05) is 13.1 Å². The highest BCUT2D eigenvalue weighted by atomic mass is 32.1. The molecule has 0 radical (unpaired) electrons. The molecule has 0 saturated carbocycles. The lowest BCUT2D eigenvalue weighted by molar-refractivity contribution is -0.143. The van der Waals surface area contributed by atoms with Crippen LogP contribution in [-0.2, 0) is 11.3 Å². The number of aryl methyl sites for hydroxylation is 1. The lowest BCUT2D eigenvalue weighted by Crippen LogP contribution is -2.38. The van der Waals surface area contributed by atoms with Crippen LogP contribution in [0.25, 0.3) is 4.96 Å². The number of rotatable bonds is 3. The van der Waals surface area contributed by atoms with E-state index >= 15 is 0 Å². The first-order valence-corrected chi connectivity index (χ1v) is 7.66. The van der Waals surface area contributed by atoms with Crippen molar-refractivity contribution in [2.45, 2.75) is 26.3 Å². The van der Waals surface area contributed by atoms with Crippen LogP contribution >= 0.6 is 11.3 Å². The SMILES string of the molecule is Cc1cc(=O)n2nc(CN3CCCC(C(=O)O)C3)sc2n1. The number of carbonyl (C=O) groups is 1. The van der Waals surface area contributed by atoms with Crippen molar-refractivity contribution in [3.05, 3.63) is 27.1 Å². The molecule has 2 aromatic rings. The molecular formula is C13H16N4O3S. The molecule has 1 aliphatic heterocycles. The second-order valence-corrected chi connectivity index (χ2v) is 6.38. The van der Waals surface area contributed by atoms with Gasteiger partial charge in [-0.25, -0.2) is 4.98 Å². The van der Waals surface area contributed by atoms with E-state index < -0.39 is 5.97 Å². The van der Waals surface area contributed by atoms with Crippen molar-refractivity contribution in [2.24, 2.45) is 5.92 Å². The van der Waals surface area contributed by atoms with Crippen molar-refractivity contribution >= 4 is 22.3 Å². The minimum absolute atomic E-state index is 0.179. The van der Waals surface area contributed by atoms with E-state index in [0.29, 0.717) is 23.7 Å². The third-order valence-corrected chi connectivity index (χ3v) is 4.52. The number of carboxylic acids is 1. The van der Waals surface area contributed by atoms with Crippen molar-refractivity contribution in [1.29, 1.82) is 0 Å². The van der Waals surface area contributed by atoms with Gasteiger partial charge in [-0.15, -0.1) is 0 Å². The van der Waals surface area contributed by atoms with Gasteiger partial charge in [0.1, 0.15) is 5.01 Å². The van der Waals surface area contributed by atoms with Gasteiger partial charge in [-0.05, 0) is 26.3 Å². The Bertz CT molecular complexity index is 739. The standard InChI is InChI=1S/C13H16N4O3S/c1-8-5-11(18)17-13(14-8)21-10(15-17)7-16-4-2-3-9(6-16)12(19)20/h5,9H,2-4,6-7H2,1H3,(H,19,20). The van der Waals surface area contributed by atoms with E-state index in [1.165, 1.54) is 21.9 Å². The van der Waals surface area contributed by atoms with Crippen LogP contribution in [0, 0.1) is 12.8 Å². The molecule has 3 rings (SSSR count). The van der Waals surface area contributed by atoms with Crippen molar-refractivity contribution in [3.8, 4) is 0 Å². The third kappa shape index (κ3) is 2.96. The average Bonchev–Trinajstić information content (AvgIpc) is 2.81. The van der Waals surface area contributed by atoms with Gasteiger partial charge in [-0.1, -0.05) is 11.3 Å². The molecule has 8 heteroatoms. The van der Waals surface area contributed by atoms with E-state index in [4.69, 9.17) is 5.11 Å². The molecule has 2 aromatic heterocycles. The quantitative estimate of drug-likeness (QED) is 0.900. The monoisotopic (exact) mass is 308 g/mol. The number of fused-ring (bicyclic) bond motifs is 1. The first kappa shape index (κ1) is 14.2. The number of aromatic nitrogens is 3. The van der Waals surface area contributed by atoms with Gasteiger partial charge in [0.2, 0.25) is 4.96 Å². The highest BCUT2D eigenvalue weighted by molar-refractivity contribution is 7.16. The summed E-state index contributed by atoms with van der Waals surface area (Å²) in [6.07, 6.45) is 1.60. The Balaban J connectivity index is 1.80. The predicted octanol–water partition coefficient (Wildman–Crippen LogP) is 0.756. The number of hydrogen-bond donors (Lipinski definition) is 1. The van der Waals surface area contributed by atoms with Gasteiger partial charge in [0.25, 0.3) is 5.56 Å². The highest BCUT2D eigenvalue weighted by Crippen LogP contribution is 2.20. The number of nitrogens with zero attached hydrogens (tertiary/aromatic N) is 4. The Labute approximate surface area is 124 Å². The number of aliphatic carboxylic acids is 1. The summed E-state index contributed by atoms with van der Waals surface area (Å²) in [7, 11) is 0. The zero-order chi connectivity index (χ0) is 15.0. The summed E-state index contributed by atoms with van der Waals surface area (Å²) in [6, 6.07) is 1.46. The summed E-state index contributed by atoms with van der Waals surface area (Å²) in [4.78, 5) is 29.9. The van der Waals surface area contributed by atoms with Gasteiger partial charge in [0.05, 0.1) is 12.5 Å². The molecule has 0 aromatic carbocycles. The molecule has 1 fully saturated rings. The van der Waals surface area contributed by atoms with Gasteiger partial charge < -0.3 is 5.11 Å². The van der Waals surface area contributed by atoms with Gasteiger partial charge in [0.15, 0.2) is 0 Å². The normalized spacial score (nSPS) is 20.0. The molecular weight excluding hydrogens is 292 g/mol. The fourth-order valence-corrected chi connectivity index (χ4v) is 3.60. The molecule has 1 unspecified atom stereocenters. The van der Waals surface area contributed by atoms with Gasteiger partial charge in [-0.3, -0.25) is 14.5 Å². The molecule has 1 saturated heterocycles. The summed E-state index contributed by atoms with van der Waals surface area (Å²) in [5.41, 5.74) is 0.501. The zero-order valence-corrected chi connectivity index (χ0v) is 12.5. The van der Waals surface area contributed by atoms with E-state index in [1.807, 2.05) is 0 Å². The molecule has 1 atom stereocenters. The second kappa shape index (κ2) is 5.53. The van der Waals surface area contributed by atoms with E-state index in [0.717, 1.165) is 24.4 Å². The molecule has 112 valence electrons. The fraction of sp³-hybridized carbons (Fsp3) is 0.538. The number of piperidine rings is 1.